The largest absolute Gasteiger partial charge is 0.330 e. The van der Waals surface area contributed by atoms with Crippen LogP contribution in [-0.2, 0) is 15.6 Å². The first kappa shape index (κ1) is 12.7. The molecule has 0 aromatic heterocycles. The van der Waals surface area contributed by atoms with Gasteiger partial charge in [-0.05, 0) is 43.9 Å². The van der Waals surface area contributed by atoms with Gasteiger partial charge < -0.3 is 10.6 Å². The SMILES string of the molecule is CN1C(=O)C(C)(C)c2cc(C3(CN)CCC3)ccc21. The molecule has 0 saturated heterocycles. The molecule has 0 atom stereocenters. The lowest BCUT2D eigenvalue weighted by Gasteiger charge is -2.42. The maximum Gasteiger partial charge on any atom is 0.236 e. The van der Waals surface area contributed by atoms with Crippen LogP contribution in [0.15, 0.2) is 18.2 Å². The Morgan fingerprint density at radius 3 is 2.53 bits per heavy atom. The maximum atomic E-state index is 12.3. The highest BCUT2D eigenvalue weighted by molar-refractivity contribution is 6.07. The Bertz CT molecular complexity index is 538. The Morgan fingerprint density at radius 2 is 2.00 bits per heavy atom. The zero-order chi connectivity index (χ0) is 13.8. The molecule has 2 N–H and O–H groups in total. The zero-order valence-electron chi connectivity index (χ0n) is 12.0. The lowest BCUT2D eigenvalue weighted by atomic mass is 9.64. The topological polar surface area (TPSA) is 46.3 Å². The third-order valence-corrected chi connectivity index (χ3v) is 5.18. The summed E-state index contributed by atoms with van der Waals surface area (Å²) >= 11 is 0. The number of fused-ring (bicyclic) bond motifs is 1. The van der Waals surface area contributed by atoms with Crippen molar-refractivity contribution in [2.45, 2.75) is 43.9 Å². The molecule has 1 aliphatic carbocycles. The van der Waals surface area contributed by atoms with Gasteiger partial charge in [-0.2, -0.15) is 0 Å². The van der Waals surface area contributed by atoms with Crippen LogP contribution in [0.1, 0.15) is 44.2 Å². The average molecular weight is 258 g/mol. The van der Waals surface area contributed by atoms with E-state index in [0.717, 1.165) is 11.3 Å². The fourth-order valence-corrected chi connectivity index (χ4v) is 3.52. The van der Waals surface area contributed by atoms with Gasteiger partial charge in [-0.15, -0.1) is 0 Å². The monoisotopic (exact) mass is 258 g/mol. The third kappa shape index (κ3) is 1.51. The van der Waals surface area contributed by atoms with E-state index in [4.69, 9.17) is 5.73 Å². The van der Waals surface area contributed by atoms with E-state index in [1.165, 1.54) is 24.8 Å². The van der Waals surface area contributed by atoms with Gasteiger partial charge in [0.2, 0.25) is 5.91 Å². The summed E-state index contributed by atoms with van der Waals surface area (Å²) < 4.78 is 0. The molecule has 1 aliphatic heterocycles. The lowest BCUT2D eigenvalue weighted by Crippen LogP contribution is -2.41. The van der Waals surface area contributed by atoms with E-state index in [9.17, 15) is 4.79 Å². The van der Waals surface area contributed by atoms with Gasteiger partial charge in [0, 0.05) is 24.7 Å². The number of amides is 1. The Kier molecular flexibility index (Phi) is 2.55. The molecular formula is C16H22N2O. The minimum absolute atomic E-state index is 0.162. The van der Waals surface area contributed by atoms with Crippen LogP contribution in [0.4, 0.5) is 5.69 Å². The van der Waals surface area contributed by atoms with Crippen molar-refractivity contribution in [3.63, 3.8) is 0 Å². The van der Waals surface area contributed by atoms with Crippen LogP contribution in [0, 0.1) is 0 Å². The van der Waals surface area contributed by atoms with Crippen molar-refractivity contribution in [1.29, 1.82) is 0 Å². The second-order valence-corrected chi connectivity index (χ2v) is 6.56. The summed E-state index contributed by atoms with van der Waals surface area (Å²) in [6, 6.07) is 6.48. The smallest absolute Gasteiger partial charge is 0.236 e. The number of anilines is 1. The van der Waals surface area contributed by atoms with Gasteiger partial charge in [-0.25, -0.2) is 0 Å². The van der Waals surface area contributed by atoms with Crippen LogP contribution in [0.25, 0.3) is 0 Å². The highest BCUT2D eigenvalue weighted by Crippen LogP contribution is 2.47. The summed E-state index contributed by atoms with van der Waals surface area (Å²) in [7, 11) is 1.86. The van der Waals surface area contributed by atoms with E-state index in [0.29, 0.717) is 6.54 Å². The summed E-state index contributed by atoms with van der Waals surface area (Å²) in [6.07, 6.45) is 3.61. The summed E-state index contributed by atoms with van der Waals surface area (Å²) in [6.45, 7) is 4.73. The molecule has 2 aliphatic rings. The van der Waals surface area contributed by atoms with Gasteiger partial charge in [-0.1, -0.05) is 18.6 Å². The summed E-state index contributed by atoms with van der Waals surface area (Å²) in [5.74, 6) is 0.176. The molecule has 3 nitrogen and oxygen atoms in total. The lowest BCUT2D eigenvalue weighted by molar-refractivity contribution is -0.121. The minimum atomic E-state index is -0.417. The molecule has 102 valence electrons. The second kappa shape index (κ2) is 3.83. The van der Waals surface area contributed by atoms with Gasteiger partial charge >= 0.3 is 0 Å². The number of likely N-dealkylation sites (N-methyl/N-ethyl adjacent to an activating group) is 1. The predicted molar refractivity (Wildman–Crippen MR) is 77.5 cm³/mol. The molecular weight excluding hydrogens is 236 g/mol. The molecule has 1 aromatic carbocycles. The molecule has 0 unspecified atom stereocenters. The molecule has 19 heavy (non-hydrogen) atoms. The van der Waals surface area contributed by atoms with E-state index in [1.54, 1.807) is 4.90 Å². The standard InChI is InChI=1S/C16H22N2O/c1-15(2)12-9-11(16(10-17)7-4-8-16)5-6-13(12)18(3)14(15)19/h5-6,9H,4,7-8,10,17H2,1-3H3. The van der Waals surface area contributed by atoms with Crippen molar-refractivity contribution in [2.24, 2.45) is 5.73 Å². The molecule has 0 radical (unpaired) electrons. The first-order valence-electron chi connectivity index (χ1n) is 7.06. The highest BCUT2D eigenvalue weighted by atomic mass is 16.2. The average Bonchev–Trinajstić information content (AvgIpc) is 2.51. The van der Waals surface area contributed by atoms with E-state index < -0.39 is 5.41 Å². The van der Waals surface area contributed by atoms with Gasteiger partial charge in [0.25, 0.3) is 0 Å². The molecule has 1 fully saturated rings. The molecule has 1 amide bonds. The molecule has 0 spiro atoms. The second-order valence-electron chi connectivity index (χ2n) is 6.56. The fraction of sp³-hybridized carbons (Fsp3) is 0.562. The Balaban J connectivity index is 2.11. The Hall–Kier alpha value is -1.35. The normalized spacial score (nSPS) is 23.2. The molecule has 1 aromatic rings. The number of nitrogens with two attached hydrogens (primary N) is 1. The van der Waals surface area contributed by atoms with Crippen LogP contribution >= 0.6 is 0 Å². The van der Waals surface area contributed by atoms with Crippen LogP contribution in [0.3, 0.4) is 0 Å². The van der Waals surface area contributed by atoms with E-state index in [2.05, 4.69) is 18.2 Å². The van der Waals surface area contributed by atoms with Crippen molar-refractivity contribution >= 4 is 11.6 Å². The van der Waals surface area contributed by atoms with E-state index in [1.807, 2.05) is 20.9 Å². The number of carbonyl (C=O) groups excluding carboxylic acids is 1. The van der Waals surface area contributed by atoms with Crippen LogP contribution in [0.2, 0.25) is 0 Å². The number of nitrogens with zero attached hydrogens (tertiary/aromatic N) is 1. The zero-order valence-corrected chi connectivity index (χ0v) is 12.0. The number of benzene rings is 1. The first-order valence-corrected chi connectivity index (χ1v) is 7.06. The van der Waals surface area contributed by atoms with Crippen molar-refractivity contribution in [3.8, 4) is 0 Å². The molecule has 3 rings (SSSR count). The number of hydrogen-bond acceptors (Lipinski definition) is 2. The quantitative estimate of drug-likeness (QED) is 0.885. The van der Waals surface area contributed by atoms with Crippen molar-refractivity contribution in [1.82, 2.24) is 0 Å². The Morgan fingerprint density at radius 1 is 1.32 bits per heavy atom. The summed E-state index contributed by atoms with van der Waals surface area (Å²) in [5.41, 5.74) is 9.25. The predicted octanol–water partition coefficient (Wildman–Crippen LogP) is 2.32. The molecule has 1 saturated carbocycles. The van der Waals surface area contributed by atoms with Crippen molar-refractivity contribution < 1.29 is 4.79 Å². The number of hydrogen-bond donors (Lipinski definition) is 1. The number of carbonyl (C=O) groups is 1. The van der Waals surface area contributed by atoms with E-state index >= 15 is 0 Å². The van der Waals surface area contributed by atoms with Crippen LogP contribution < -0.4 is 10.6 Å². The minimum Gasteiger partial charge on any atom is -0.330 e. The van der Waals surface area contributed by atoms with Gasteiger partial charge in [-0.3, -0.25) is 4.79 Å². The van der Waals surface area contributed by atoms with Crippen LogP contribution in [-0.4, -0.2) is 19.5 Å². The third-order valence-electron chi connectivity index (χ3n) is 5.18. The van der Waals surface area contributed by atoms with Gasteiger partial charge in [0.05, 0.1) is 5.41 Å². The van der Waals surface area contributed by atoms with Crippen molar-refractivity contribution in [2.75, 3.05) is 18.5 Å². The Labute approximate surface area is 114 Å². The van der Waals surface area contributed by atoms with Crippen molar-refractivity contribution in [3.05, 3.63) is 29.3 Å². The maximum absolute atomic E-state index is 12.3. The summed E-state index contributed by atoms with van der Waals surface area (Å²) in [4.78, 5) is 14.1. The van der Waals surface area contributed by atoms with Crippen LogP contribution in [0.5, 0.6) is 0 Å². The summed E-state index contributed by atoms with van der Waals surface area (Å²) in [5, 5.41) is 0. The highest BCUT2D eigenvalue weighted by Gasteiger charge is 2.44. The number of rotatable bonds is 2. The van der Waals surface area contributed by atoms with Gasteiger partial charge in [0.1, 0.15) is 0 Å². The van der Waals surface area contributed by atoms with Gasteiger partial charge in [0.15, 0.2) is 0 Å². The molecule has 1 heterocycles. The molecule has 0 bridgehead atoms. The fourth-order valence-electron chi connectivity index (χ4n) is 3.52. The first-order chi connectivity index (χ1) is 8.92. The molecule has 3 heteroatoms. The van der Waals surface area contributed by atoms with E-state index in [-0.39, 0.29) is 11.3 Å².